The summed E-state index contributed by atoms with van der Waals surface area (Å²) < 4.78 is 5.72. The summed E-state index contributed by atoms with van der Waals surface area (Å²) in [6, 6.07) is 10.6. The van der Waals surface area contributed by atoms with Crippen molar-refractivity contribution >= 4 is 11.3 Å². The van der Waals surface area contributed by atoms with E-state index in [9.17, 15) is 0 Å². The van der Waals surface area contributed by atoms with Gasteiger partial charge < -0.3 is 10.1 Å². The Hall–Kier alpha value is -1.32. The summed E-state index contributed by atoms with van der Waals surface area (Å²) in [5.41, 5.74) is 2.67. The van der Waals surface area contributed by atoms with Gasteiger partial charge in [0.25, 0.3) is 0 Å². The van der Waals surface area contributed by atoms with Crippen LogP contribution in [0.4, 0.5) is 0 Å². The molecule has 0 atom stereocenters. The molecule has 0 spiro atoms. The quantitative estimate of drug-likeness (QED) is 0.664. The molecule has 2 nitrogen and oxygen atoms in total. The summed E-state index contributed by atoms with van der Waals surface area (Å²) in [6.07, 6.45) is 3.61. The molecule has 0 radical (unpaired) electrons. The van der Waals surface area contributed by atoms with Gasteiger partial charge in [-0.05, 0) is 48.1 Å². The predicted molar refractivity (Wildman–Crippen MR) is 91.1 cm³/mol. The van der Waals surface area contributed by atoms with Crippen molar-refractivity contribution in [3.8, 4) is 5.75 Å². The number of nitrogens with one attached hydrogen (secondary N) is 1. The lowest BCUT2D eigenvalue weighted by molar-refractivity contribution is 0.306. The molecule has 1 aromatic carbocycles. The third-order valence-corrected chi connectivity index (χ3v) is 4.55. The summed E-state index contributed by atoms with van der Waals surface area (Å²) in [5, 5.41) is 5.64. The molecule has 0 saturated heterocycles. The van der Waals surface area contributed by atoms with Gasteiger partial charge in [-0.1, -0.05) is 31.9 Å². The fraction of sp³-hybridized carbons (Fsp3) is 0.444. The minimum atomic E-state index is 0.823. The van der Waals surface area contributed by atoms with Crippen LogP contribution in [0.5, 0.6) is 5.75 Å². The number of benzene rings is 1. The average Bonchev–Trinajstić information content (AvgIpc) is 2.91. The van der Waals surface area contributed by atoms with Gasteiger partial charge in [0.2, 0.25) is 0 Å². The predicted octanol–water partition coefficient (Wildman–Crippen LogP) is 4.92. The van der Waals surface area contributed by atoms with E-state index >= 15 is 0 Å². The molecule has 21 heavy (non-hydrogen) atoms. The molecule has 0 amide bonds. The Balaban J connectivity index is 1.71. The number of ether oxygens (including phenoxy) is 1. The third-order valence-electron chi connectivity index (χ3n) is 3.52. The van der Waals surface area contributed by atoms with Crippen molar-refractivity contribution < 1.29 is 4.74 Å². The lowest BCUT2D eigenvalue weighted by Gasteiger charge is -2.08. The second-order valence-electron chi connectivity index (χ2n) is 5.33. The minimum Gasteiger partial charge on any atom is -0.494 e. The maximum atomic E-state index is 5.72. The van der Waals surface area contributed by atoms with Crippen LogP contribution in [0.15, 0.2) is 35.7 Å². The monoisotopic (exact) mass is 303 g/mol. The van der Waals surface area contributed by atoms with Crippen molar-refractivity contribution in [2.45, 2.75) is 46.2 Å². The highest BCUT2D eigenvalue weighted by molar-refractivity contribution is 7.10. The number of hydrogen-bond acceptors (Lipinski definition) is 3. The topological polar surface area (TPSA) is 21.3 Å². The van der Waals surface area contributed by atoms with E-state index in [1.807, 2.05) is 11.3 Å². The first kappa shape index (κ1) is 16.1. The van der Waals surface area contributed by atoms with Crippen LogP contribution in [0.1, 0.15) is 42.2 Å². The molecule has 1 aromatic heterocycles. The molecule has 0 bridgehead atoms. The fourth-order valence-corrected chi connectivity index (χ4v) is 3.03. The summed E-state index contributed by atoms with van der Waals surface area (Å²) in [6.45, 7) is 7.03. The Morgan fingerprint density at radius 3 is 2.52 bits per heavy atom. The molecule has 1 N–H and O–H groups in total. The van der Waals surface area contributed by atoms with E-state index in [4.69, 9.17) is 4.74 Å². The Bertz CT molecular complexity index is 518. The van der Waals surface area contributed by atoms with E-state index in [0.29, 0.717) is 0 Å². The number of thiophene rings is 1. The van der Waals surface area contributed by atoms with Crippen LogP contribution in [-0.2, 0) is 13.1 Å². The van der Waals surface area contributed by atoms with Crippen LogP contribution < -0.4 is 10.1 Å². The van der Waals surface area contributed by atoms with Gasteiger partial charge in [-0.3, -0.25) is 0 Å². The second kappa shape index (κ2) is 8.85. The normalized spacial score (nSPS) is 10.8. The van der Waals surface area contributed by atoms with Crippen molar-refractivity contribution in [1.29, 1.82) is 0 Å². The highest BCUT2D eigenvalue weighted by Crippen LogP contribution is 2.16. The third kappa shape index (κ3) is 5.52. The summed E-state index contributed by atoms with van der Waals surface area (Å²) >= 11 is 1.82. The SMILES string of the molecule is CCCCCOc1ccc(CNCc2sccc2C)cc1. The maximum absolute atomic E-state index is 5.72. The Kier molecular flexibility index (Phi) is 6.77. The van der Waals surface area contributed by atoms with Gasteiger partial charge in [0.1, 0.15) is 5.75 Å². The molecule has 0 aliphatic heterocycles. The highest BCUT2D eigenvalue weighted by atomic mass is 32.1. The second-order valence-corrected chi connectivity index (χ2v) is 6.33. The van der Waals surface area contributed by atoms with E-state index in [2.05, 4.69) is 54.9 Å². The van der Waals surface area contributed by atoms with Crippen molar-refractivity contribution in [3.63, 3.8) is 0 Å². The van der Waals surface area contributed by atoms with Gasteiger partial charge in [-0.15, -0.1) is 11.3 Å². The van der Waals surface area contributed by atoms with Gasteiger partial charge in [0.05, 0.1) is 6.61 Å². The van der Waals surface area contributed by atoms with Crippen LogP contribution in [-0.4, -0.2) is 6.61 Å². The minimum absolute atomic E-state index is 0.823. The molecule has 0 saturated carbocycles. The lowest BCUT2D eigenvalue weighted by atomic mass is 10.2. The molecule has 0 aliphatic carbocycles. The van der Waals surface area contributed by atoms with Crippen LogP contribution in [0.2, 0.25) is 0 Å². The summed E-state index contributed by atoms with van der Waals surface area (Å²) in [7, 11) is 0. The van der Waals surface area contributed by atoms with Gasteiger partial charge in [0.15, 0.2) is 0 Å². The van der Waals surface area contributed by atoms with Gasteiger partial charge in [-0.25, -0.2) is 0 Å². The maximum Gasteiger partial charge on any atom is 0.119 e. The van der Waals surface area contributed by atoms with Crippen LogP contribution >= 0.6 is 11.3 Å². The molecule has 0 unspecified atom stereocenters. The van der Waals surface area contributed by atoms with Crippen molar-refractivity contribution in [2.75, 3.05) is 6.61 Å². The van der Waals surface area contributed by atoms with E-state index in [0.717, 1.165) is 31.9 Å². The van der Waals surface area contributed by atoms with E-state index in [-0.39, 0.29) is 0 Å². The van der Waals surface area contributed by atoms with Crippen LogP contribution in [0.25, 0.3) is 0 Å². The number of unbranched alkanes of at least 4 members (excludes halogenated alkanes) is 2. The molecule has 1 heterocycles. The smallest absolute Gasteiger partial charge is 0.119 e. The fourth-order valence-electron chi connectivity index (χ4n) is 2.15. The number of hydrogen-bond donors (Lipinski definition) is 1. The zero-order valence-electron chi connectivity index (χ0n) is 13.0. The van der Waals surface area contributed by atoms with Crippen LogP contribution in [0.3, 0.4) is 0 Å². The first-order valence-corrected chi connectivity index (χ1v) is 8.63. The largest absolute Gasteiger partial charge is 0.494 e. The number of aryl methyl sites for hydroxylation is 1. The first-order valence-electron chi connectivity index (χ1n) is 7.75. The van der Waals surface area contributed by atoms with Gasteiger partial charge in [0, 0.05) is 18.0 Å². The van der Waals surface area contributed by atoms with Gasteiger partial charge >= 0.3 is 0 Å². The molecular weight excluding hydrogens is 278 g/mol. The van der Waals surface area contributed by atoms with Crippen LogP contribution in [0, 0.1) is 6.92 Å². The molecule has 114 valence electrons. The van der Waals surface area contributed by atoms with Crippen molar-refractivity contribution in [1.82, 2.24) is 5.32 Å². The molecule has 2 rings (SSSR count). The molecule has 3 heteroatoms. The Labute approximate surface area is 132 Å². The number of rotatable bonds is 9. The molecule has 0 aliphatic rings. The zero-order chi connectivity index (χ0) is 14.9. The molecular formula is C18H25NOS. The summed E-state index contributed by atoms with van der Waals surface area (Å²) in [4.78, 5) is 1.42. The zero-order valence-corrected chi connectivity index (χ0v) is 13.8. The molecule has 0 fully saturated rings. The summed E-state index contributed by atoms with van der Waals surface area (Å²) in [5.74, 6) is 0.976. The average molecular weight is 303 g/mol. The highest BCUT2D eigenvalue weighted by Gasteiger charge is 2.00. The van der Waals surface area contributed by atoms with Crippen molar-refractivity contribution in [2.24, 2.45) is 0 Å². The van der Waals surface area contributed by atoms with Crippen molar-refractivity contribution in [3.05, 3.63) is 51.7 Å². The first-order chi connectivity index (χ1) is 10.3. The Morgan fingerprint density at radius 1 is 1.05 bits per heavy atom. The lowest BCUT2D eigenvalue weighted by Crippen LogP contribution is -2.12. The molecule has 2 aromatic rings. The Morgan fingerprint density at radius 2 is 1.86 bits per heavy atom. The standard InChI is InChI=1S/C18H25NOS/c1-3-4-5-11-20-17-8-6-16(7-9-17)13-19-14-18-15(2)10-12-21-18/h6-10,12,19H,3-5,11,13-14H2,1-2H3. The van der Waals surface area contributed by atoms with Gasteiger partial charge in [-0.2, -0.15) is 0 Å². The van der Waals surface area contributed by atoms with E-state index in [1.165, 1.54) is 28.8 Å². The van der Waals surface area contributed by atoms with E-state index in [1.54, 1.807) is 0 Å². The van der Waals surface area contributed by atoms with E-state index < -0.39 is 0 Å².